The fourth-order valence-corrected chi connectivity index (χ4v) is 2.46. The van der Waals surface area contributed by atoms with E-state index in [2.05, 4.69) is 29.2 Å². The average molecular weight is 483 g/mol. The Kier molecular flexibility index (Phi) is 16.2. The van der Waals surface area contributed by atoms with Gasteiger partial charge in [-0.15, -0.1) is 24.0 Å². The molecule has 154 valence electrons. The van der Waals surface area contributed by atoms with Gasteiger partial charge in [-0.2, -0.15) is 0 Å². The number of esters is 1. The predicted molar refractivity (Wildman–Crippen MR) is 117 cm³/mol. The molecule has 0 amide bonds. The number of nitrogens with zero attached hydrogens (tertiary/aromatic N) is 2. The van der Waals surface area contributed by atoms with Crippen LogP contribution in [-0.2, 0) is 14.3 Å². The molecule has 0 bridgehead atoms. The third-order valence-corrected chi connectivity index (χ3v) is 4.17. The minimum absolute atomic E-state index is 0. The van der Waals surface area contributed by atoms with Crippen LogP contribution in [0.15, 0.2) is 4.99 Å². The van der Waals surface area contributed by atoms with Gasteiger partial charge >= 0.3 is 5.97 Å². The van der Waals surface area contributed by atoms with Crippen molar-refractivity contribution in [3.63, 3.8) is 0 Å². The molecule has 0 aromatic carbocycles. The second-order valence-electron chi connectivity index (χ2n) is 6.64. The molecule has 6 nitrogen and oxygen atoms in total. The predicted octanol–water partition coefficient (Wildman–Crippen LogP) is 3.44. The summed E-state index contributed by atoms with van der Waals surface area (Å²) in [5, 5.41) is 3.33. The van der Waals surface area contributed by atoms with Gasteiger partial charge in [0.05, 0.1) is 13.2 Å². The second kappa shape index (κ2) is 16.6. The van der Waals surface area contributed by atoms with Crippen molar-refractivity contribution < 1.29 is 14.3 Å². The van der Waals surface area contributed by atoms with Crippen molar-refractivity contribution in [1.82, 2.24) is 10.2 Å². The number of unbranched alkanes of at least 4 members (excludes halogenated alkanes) is 3. The van der Waals surface area contributed by atoms with Gasteiger partial charge in [-0.1, -0.05) is 12.8 Å². The molecule has 0 aliphatic heterocycles. The van der Waals surface area contributed by atoms with E-state index in [1.165, 1.54) is 12.8 Å². The van der Waals surface area contributed by atoms with Crippen molar-refractivity contribution in [2.45, 2.75) is 58.8 Å². The van der Waals surface area contributed by atoms with E-state index in [1.54, 1.807) is 0 Å². The number of hydrogen-bond acceptors (Lipinski definition) is 4. The van der Waals surface area contributed by atoms with Crippen LogP contribution in [0.3, 0.4) is 0 Å². The van der Waals surface area contributed by atoms with Crippen LogP contribution in [0.2, 0.25) is 0 Å². The number of likely N-dealkylation sites (N-methyl/N-ethyl adjacent to an activating group) is 1. The lowest BCUT2D eigenvalue weighted by atomic mass is 10.1. The Bertz CT molecular complexity index is 390. The van der Waals surface area contributed by atoms with E-state index in [1.807, 2.05) is 6.92 Å². The highest BCUT2D eigenvalue weighted by atomic mass is 127. The van der Waals surface area contributed by atoms with Gasteiger partial charge in [0.15, 0.2) is 5.96 Å². The number of ether oxygens (including phenoxy) is 2. The SMILES string of the molecule is CCNC(=NCCCCCCC(=O)OCC)N(C)CCOCC1CC1.I. The Balaban J connectivity index is 0.00000625. The Morgan fingerprint density at radius 2 is 1.92 bits per heavy atom. The molecule has 1 N–H and O–H groups in total. The first-order valence-electron chi connectivity index (χ1n) is 9.90. The van der Waals surface area contributed by atoms with Crippen molar-refractivity contribution in [2.24, 2.45) is 10.9 Å². The summed E-state index contributed by atoms with van der Waals surface area (Å²) in [6.07, 6.45) is 7.29. The van der Waals surface area contributed by atoms with E-state index in [-0.39, 0.29) is 29.9 Å². The molecule has 0 aromatic heterocycles. The van der Waals surface area contributed by atoms with Crippen LogP contribution in [0, 0.1) is 5.92 Å². The molecule has 1 rings (SSSR count). The lowest BCUT2D eigenvalue weighted by Gasteiger charge is -2.22. The van der Waals surface area contributed by atoms with Crippen LogP contribution in [0.25, 0.3) is 0 Å². The maximum Gasteiger partial charge on any atom is 0.305 e. The standard InChI is InChI=1S/C19H37N3O3.HI/c1-4-20-19(22(3)14-15-24-16-17-11-12-17)21-13-9-7-6-8-10-18(23)25-5-2;/h17H,4-16H2,1-3H3,(H,20,21);1H. The summed E-state index contributed by atoms with van der Waals surface area (Å²) in [6, 6.07) is 0. The van der Waals surface area contributed by atoms with Gasteiger partial charge < -0.3 is 19.7 Å². The zero-order valence-corrected chi connectivity index (χ0v) is 19.1. The van der Waals surface area contributed by atoms with Gasteiger partial charge in [-0.05, 0) is 45.4 Å². The van der Waals surface area contributed by atoms with Gasteiger partial charge in [0.1, 0.15) is 0 Å². The molecule has 7 heteroatoms. The number of nitrogens with one attached hydrogen (secondary N) is 1. The maximum atomic E-state index is 11.2. The maximum absolute atomic E-state index is 11.2. The van der Waals surface area contributed by atoms with Gasteiger partial charge in [0.25, 0.3) is 0 Å². The molecule has 1 aliphatic rings. The van der Waals surface area contributed by atoms with E-state index in [4.69, 9.17) is 9.47 Å². The molecule has 1 aliphatic carbocycles. The van der Waals surface area contributed by atoms with Crippen LogP contribution < -0.4 is 5.32 Å². The third-order valence-electron chi connectivity index (χ3n) is 4.17. The number of rotatable bonds is 14. The van der Waals surface area contributed by atoms with Crippen molar-refractivity contribution in [3.05, 3.63) is 0 Å². The van der Waals surface area contributed by atoms with Gasteiger partial charge in [-0.25, -0.2) is 0 Å². The number of carbonyl (C=O) groups is 1. The van der Waals surface area contributed by atoms with Crippen molar-refractivity contribution >= 4 is 35.9 Å². The molecular weight excluding hydrogens is 445 g/mol. The quantitative estimate of drug-likeness (QED) is 0.135. The second-order valence-corrected chi connectivity index (χ2v) is 6.64. The number of aliphatic imine (C=N–C) groups is 1. The highest BCUT2D eigenvalue weighted by molar-refractivity contribution is 14.0. The molecule has 0 atom stereocenters. The van der Waals surface area contributed by atoms with Crippen LogP contribution in [-0.4, -0.2) is 63.3 Å². The first-order chi connectivity index (χ1) is 12.2. The smallest absolute Gasteiger partial charge is 0.305 e. The molecule has 0 radical (unpaired) electrons. The van der Waals surface area contributed by atoms with Gasteiger partial charge in [0.2, 0.25) is 0 Å². The Morgan fingerprint density at radius 1 is 1.19 bits per heavy atom. The van der Waals surface area contributed by atoms with Crippen LogP contribution in [0.1, 0.15) is 58.8 Å². The normalized spacial score (nSPS) is 13.9. The van der Waals surface area contributed by atoms with Crippen LogP contribution >= 0.6 is 24.0 Å². The fraction of sp³-hybridized carbons (Fsp3) is 0.895. The monoisotopic (exact) mass is 483 g/mol. The third kappa shape index (κ3) is 13.6. The lowest BCUT2D eigenvalue weighted by molar-refractivity contribution is -0.143. The minimum Gasteiger partial charge on any atom is -0.466 e. The van der Waals surface area contributed by atoms with Crippen molar-refractivity contribution in [2.75, 3.05) is 46.5 Å². The average Bonchev–Trinajstić information content (AvgIpc) is 3.41. The topological polar surface area (TPSA) is 63.2 Å². The first-order valence-corrected chi connectivity index (χ1v) is 9.90. The molecule has 0 unspecified atom stereocenters. The zero-order chi connectivity index (χ0) is 18.3. The number of guanidine groups is 1. The van der Waals surface area contributed by atoms with E-state index in [0.29, 0.717) is 13.0 Å². The molecular formula is C19H38IN3O3. The van der Waals surface area contributed by atoms with Crippen molar-refractivity contribution in [3.8, 4) is 0 Å². The number of halogens is 1. The van der Waals surface area contributed by atoms with Crippen LogP contribution in [0.4, 0.5) is 0 Å². The van der Waals surface area contributed by atoms with E-state index >= 15 is 0 Å². The highest BCUT2D eigenvalue weighted by Gasteiger charge is 2.21. The molecule has 0 heterocycles. The van der Waals surface area contributed by atoms with E-state index in [9.17, 15) is 4.79 Å². The summed E-state index contributed by atoms with van der Waals surface area (Å²) < 4.78 is 10.6. The summed E-state index contributed by atoms with van der Waals surface area (Å²) in [4.78, 5) is 18.1. The minimum atomic E-state index is -0.0829. The summed E-state index contributed by atoms with van der Waals surface area (Å²) >= 11 is 0. The Hall–Kier alpha value is -0.570. The number of carbonyl (C=O) groups excluding carboxylic acids is 1. The van der Waals surface area contributed by atoms with Crippen molar-refractivity contribution in [1.29, 1.82) is 0 Å². The molecule has 26 heavy (non-hydrogen) atoms. The number of hydrogen-bond donors (Lipinski definition) is 1. The highest BCUT2D eigenvalue weighted by Crippen LogP contribution is 2.28. The molecule has 1 fully saturated rings. The summed E-state index contributed by atoms with van der Waals surface area (Å²) in [5.74, 6) is 1.68. The van der Waals surface area contributed by atoms with E-state index < -0.39 is 0 Å². The summed E-state index contributed by atoms with van der Waals surface area (Å²) in [5.41, 5.74) is 0. The Morgan fingerprint density at radius 3 is 2.58 bits per heavy atom. The van der Waals surface area contributed by atoms with Gasteiger partial charge in [0, 0.05) is 39.7 Å². The lowest BCUT2D eigenvalue weighted by Crippen LogP contribution is -2.40. The summed E-state index contributed by atoms with van der Waals surface area (Å²) in [7, 11) is 2.06. The molecule has 0 aromatic rings. The Labute approximate surface area is 176 Å². The zero-order valence-electron chi connectivity index (χ0n) is 16.8. The van der Waals surface area contributed by atoms with Gasteiger partial charge in [-0.3, -0.25) is 9.79 Å². The van der Waals surface area contributed by atoms with E-state index in [0.717, 1.165) is 70.4 Å². The fourth-order valence-electron chi connectivity index (χ4n) is 2.46. The molecule has 0 saturated heterocycles. The molecule has 1 saturated carbocycles. The molecule has 0 spiro atoms. The largest absolute Gasteiger partial charge is 0.466 e. The first kappa shape index (κ1) is 25.4. The van der Waals surface area contributed by atoms with Crippen LogP contribution in [0.5, 0.6) is 0 Å². The summed E-state index contributed by atoms with van der Waals surface area (Å²) in [6.45, 7) is 8.60.